The van der Waals surface area contributed by atoms with Crippen LogP contribution < -0.4 is 5.56 Å². The fraction of sp³-hybridized carbons (Fsp3) is 0.480. The summed E-state index contributed by atoms with van der Waals surface area (Å²) in [5, 5.41) is 8.97. The number of amides is 1. The quantitative estimate of drug-likeness (QED) is 0.763. The molecule has 2 bridgehead atoms. The van der Waals surface area contributed by atoms with Crippen molar-refractivity contribution in [2.75, 3.05) is 13.1 Å². The van der Waals surface area contributed by atoms with Gasteiger partial charge in [0.15, 0.2) is 0 Å². The first-order valence-electron chi connectivity index (χ1n) is 11.2. The molecule has 0 N–H and O–H groups in total. The van der Waals surface area contributed by atoms with Crippen molar-refractivity contribution in [2.45, 2.75) is 56.9 Å². The summed E-state index contributed by atoms with van der Waals surface area (Å²) >= 11 is 0. The highest BCUT2D eigenvalue weighted by molar-refractivity contribution is 5.94. The Hall–Kier alpha value is -2.87. The summed E-state index contributed by atoms with van der Waals surface area (Å²) in [6.45, 7) is 2.05. The average Bonchev–Trinajstić information content (AvgIpc) is 2.80. The highest BCUT2D eigenvalue weighted by atomic mass is 16.2. The highest BCUT2D eigenvalue weighted by Gasteiger charge is 2.37. The third-order valence-electron chi connectivity index (χ3n) is 7.23. The molecule has 2 aliphatic heterocycles. The van der Waals surface area contributed by atoms with Gasteiger partial charge in [-0.05, 0) is 61.4 Å². The number of fused-ring (bicyclic) bond motifs is 4. The first-order valence-corrected chi connectivity index (χ1v) is 11.2. The fourth-order valence-corrected chi connectivity index (χ4v) is 5.72. The zero-order valence-electron chi connectivity index (χ0n) is 17.2. The van der Waals surface area contributed by atoms with Crippen LogP contribution in [0.4, 0.5) is 0 Å². The maximum Gasteiger partial charge on any atom is 0.254 e. The number of nitriles is 1. The SMILES string of the molecule is N#Cc1ccc(C(=O)N2C[C@@H]3C[C@H](C2)c2ccc(C4CCCCC4)c(=O)n2C3)cc1. The van der Waals surface area contributed by atoms with Gasteiger partial charge >= 0.3 is 0 Å². The molecule has 1 aromatic carbocycles. The number of pyridine rings is 1. The van der Waals surface area contributed by atoms with Crippen LogP contribution in [0.5, 0.6) is 0 Å². The lowest BCUT2D eigenvalue weighted by Gasteiger charge is -2.43. The second-order valence-corrected chi connectivity index (χ2v) is 9.16. The zero-order valence-corrected chi connectivity index (χ0v) is 17.2. The van der Waals surface area contributed by atoms with Crippen molar-refractivity contribution in [1.29, 1.82) is 5.26 Å². The van der Waals surface area contributed by atoms with Crippen molar-refractivity contribution in [3.8, 4) is 6.07 Å². The topological polar surface area (TPSA) is 66.1 Å². The molecule has 5 heteroatoms. The van der Waals surface area contributed by atoms with Crippen LogP contribution in [0, 0.1) is 17.2 Å². The fourth-order valence-electron chi connectivity index (χ4n) is 5.72. The summed E-state index contributed by atoms with van der Waals surface area (Å²) in [7, 11) is 0. The maximum atomic E-state index is 13.3. The number of hydrogen-bond acceptors (Lipinski definition) is 3. The molecule has 5 nitrogen and oxygen atoms in total. The van der Waals surface area contributed by atoms with Crippen molar-refractivity contribution in [3.63, 3.8) is 0 Å². The first kappa shape index (κ1) is 19.1. The summed E-state index contributed by atoms with van der Waals surface area (Å²) in [5.74, 6) is 0.968. The summed E-state index contributed by atoms with van der Waals surface area (Å²) in [4.78, 5) is 28.3. The summed E-state index contributed by atoms with van der Waals surface area (Å²) in [6, 6.07) is 13.2. The van der Waals surface area contributed by atoms with Crippen molar-refractivity contribution in [2.24, 2.45) is 5.92 Å². The number of piperidine rings is 1. The second kappa shape index (κ2) is 7.75. The molecule has 2 atom stereocenters. The molecule has 154 valence electrons. The Bertz CT molecular complexity index is 1060. The van der Waals surface area contributed by atoms with E-state index in [0.717, 1.165) is 30.5 Å². The van der Waals surface area contributed by atoms with E-state index in [-0.39, 0.29) is 17.4 Å². The van der Waals surface area contributed by atoms with E-state index in [1.807, 2.05) is 9.47 Å². The van der Waals surface area contributed by atoms with Crippen LogP contribution >= 0.6 is 0 Å². The molecule has 2 fully saturated rings. The van der Waals surface area contributed by atoms with Gasteiger partial charge in [-0.15, -0.1) is 0 Å². The lowest BCUT2D eigenvalue weighted by Crippen LogP contribution is -2.49. The van der Waals surface area contributed by atoms with Gasteiger partial charge < -0.3 is 9.47 Å². The van der Waals surface area contributed by atoms with Crippen molar-refractivity contribution in [1.82, 2.24) is 9.47 Å². The predicted molar refractivity (Wildman–Crippen MR) is 114 cm³/mol. The Balaban J connectivity index is 1.39. The largest absolute Gasteiger partial charge is 0.338 e. The number of likely N-dealkylation sites (tertiary alicyclic amines) is 1. The normalized spacial score (nSPS) is 23.5. The van der Waals surface area contributed by atoms with Gasteiger partial charge in [0.1, 0.15) is 0 Å². The lowest BCUT2D eigenvalue weighted by atomic mass is 9.81. The Morgan fingerprint density at radius 2 is 1.70 bits per heavy atom. The van der Waals surface area contributed by atoms with Crippen LogP contribution in [0.25, 0.3) is 0 Å². The molecule has 1 saturated carbocycles. The molecule has 0 spiro atoms. The van der Waals surface area contributed by atoms with Crippen LogP contribution in [0.2, 0.25) is 0 Å². The van der Waals surface area contributed by atoms with E-state index in [9.17, 15) is 9.59 Å². The van der Waals surface area contributed by atoms with E-state index in [2.05, 4.69) is 18.2 Å². The average molecular weight is 402 g/mol. The van der Waals surface area contributed by atoms with Crippen molar-refractivity contribution < 1.29 is 4.79 Å². The Labute approximate surface area is 176 Å². The molecule has 3 heterocycles. The summed E-state index contributed by atoms with van der Waals surface area (Å²) in [5.41, 5.74) is 3.49. The molecule has 0 radical (unpaired) electrons. The second-order valence-electron chi connectivity index (χ2n) is 9.16. The van der Waals surface area contributed by atoms with Gasteiger partial charge in [-0.3, -0.25) is 9.59 Å². The summed E-state index contributed by atoms with van der Waals surface area (Å²) < 4.78 is 2.02. The molecule has 2 aromatic rings. The van der Waals surface area contributed by atoms with Crippen LogP contribution in [0.1, 0.15) is 77.5 Å². The molecular weight excluding hydrogens is 374 g/mol. The van der Waals surface area contributed by atoms with Gasteiger partial charge in [-0.2, -0.15) is 5.26 Å². The van der Waals surface area contributed by atoms with E-state index in [1.54, 1.807) is 24.3 Å². The number of carbonyl (C=O) groups excluding carboxylic acids is 1. The van der Waals surface area contributed by atoms with Crippen LogP contribution in [0.15, 0.2) is 41.2 Å². The van der Waals surface area contributed by atoms with E-state index in [0.29, 0.717) is 42.6 Å². The maximum absolute atomic E-state index is 13.3. The Morgan fingerprint density at radius 3 is 2.43 bits per heavy atom. The third-order valence-corrected chi connectivity index (χ3v) is 7.23. The smallest absolute Gasteiger partial charge is 0.254 e. The Morgan fingerprint density at radius 1 is 0.933 bits per heavy atom. The standard InChI is InChI=1S/C25H27N3O2/c26-13-17-6-8-20(9-7-17)24(29)27-14-18-12-21(16-27)23-11-10-22(25(30)28(23)15-18)19-4-2-1-3-5-19/h6-11,18-19,21H,1-5,12,14-16H2/t18-,21+/m0/s1. The monoisotopic (exact) mass is 401 g/mol. The zero-order chi connectivity index (χ0) is 20.7. The van der Waals surface area contributed by atoms with Gasteiger partial charge in [-0.1, -0.05) is 25.3 Å². The lowest BCUT2D eigenvalue weighted by molar-refractivity contribution is 0.0594. The number of aromatic nitrogens is 1. The molecule has 1 amide bonds. The van der Waals surface area contributed by atoms with E-state index in [4.69, 9.17) is 5.26 Å². The van der Waals surface area contributed by atoms with Gasteiger partial charge in [0.25, 0.3) is 11.5 Å². The molecular formula is C25H27N3O2. The molecule has 1 aliphatic carbocycles. The number of nitrogens with zero attached hydrogens (tertiary/aromatic N) is 3. The van der Waals surface area contributed by atoms with Gasteiger partial charge in [0, 0.05) is 42.4 Å². The van der Waals surface area contributed by atoms with Gasteiger partial charge in [0.05, 0.1) is 11.6 Å². The Kier molecular flexibility index (Phi) is 4.94. The van der Waals surface area contributed by atoms with E-state index >= 15 is 0 Å². The van der Waals surface area contributed by atoms with Crippen LogP contribution in [0.3, 0.4) is 0 Å². The highest BCUT2D eigenvalue weighted by Crippen LogP contribution is 2.37. The van der Waals surface area contributed by atoms with Crippen molar-refractivity contribution >= 4 is 5.91 Å². The minimum atomic E-state index is 0.0174. The van der Waals surface area contributed by atoms with E-state index in [1.165, 1.54) is 19.3 Å². The summed E-state index contributed by atoms with van der Waals surface area (Å²) in [6.07, 6.45) is 7.05. The minimum Gasteiger partial charge on any atom is -0.338 e. The number of carbonyl (C=O) groups is 1. The molecule has 0 unspecified atom stereocenters. The molecule has 30 heavy (non-hydrogen) atoms. The van der Waals surface area contributed by atoms with E-state index < -0.39 is 0 Å². The van der Waals surface area contributed by atoms with Gasteiger partial charge in [0.2, 0.25) is 0 Å². The first-order chi connectivity index (χ1) is 14.6. The molecule has 1 aromatic heterocycles. The van der Waals surface area contributed by atoms with Crippen LogP contribution in [-0.2, 0) is 6.54 Å². The van der Waals surface area contributed by atoms with Crippen molar-refractivity contribution in [3.05, 3.63) is 69.1 Å². The number of benzene rings is 1. The molecule has 1 saturated heterocycles. The molecule has 3 aliphatic rings. The number of hydrogen-bond donors (Lipinski definition) is 0. The number of rotatable bonds is 2. The predicted octanol–water partition coefficient (Wildman–Crippen LogP) is 4.03. The third kappa shape index (κ3) is 3.35. The minimum absolute atomic E-state index is 0.0174. The van der Waals surface area contributed by atoms with Gasteiger partial charge in [-0.25, -0.2) is 0 Å². The molecule has 5 rings (SSSR count). The van der Waals surface area contributed by atoms with Crippen LogP contribution in [-0.4, -0.2) is 28.5 Å².